The van der Waals surface area contributed by atoms with E-state index < -0.39 is 11.7 Å². The van der Waals surface area contributed by atoms with Crippen molar-refractivity contribution in [3.63, 3.8) is 0 Å². The fourth-order valence-electron chi connectivity index (χ4n) is 2.79. The van der Waals surface area contributed by atoms with Crippen LogP contribution >= 0.6 is 0 Å². The van der Waals surface area contributed by atoms with Crippen LogP contribution in [-0.4, -0.2) is 49.4 Å². The molecule has 25 heavy (non-hydrogen) atoms. The topological polar surface area (TPSA) is 61.4 Å². The number of rotatable bonds is 5. The number of alkyl halides is 3. The normalized spacial score (nSPS) is 16.5. The van der Waals surface area contributed by atoms with Crippen LogP contribution in [0.1, 0.15) is 24.0 Å². The summed E-state index contributed by atoms with van der Waals surface area (Å²) in [4.78, 5) is 25.4. The summed E-state index contributed by atoms with van der Waals surface area (Å²) in [5.74, 6) is -0.241. The number of hydrogen-bond donors (Lipinski definition) is 2. The number of nitrogens with one attached hydrogen (secondary N) is 2. The molecule has 138 valence electrons. The van der Waals surface area contributed by atoms with Crippen molar-refractivity contribution >= 4 is 11.8 Å². The van der Waals surface area contributed by atoms with E-state index in [0.29, 0.717) is 12.1 Å². The van der Waals surface area contributed by atoms with Crippen molar-refractivity contribution in [2.45, 2.75) is 31.5 Å². The quantitative estimate of drug-likeness (QED) is 0.841. The van der Waals surface area contributed by atoms with Gasteiger partial charge < -0.3 is 10.6 Å². The zero-order valence-electron chi connectivity index (χ0n) is 14.0. The molecule has 1 fully saturated rings. The second kappa shape index (κ2) is 8.33. The Labute approximate surface area is 144 Å². The molecular weight excluding hydrogens is 335 g/mol. The highest BCUT2D eigenvalue weighted by molar-refractivity contribution is 5.79. The third-order valence-corrected chi connectivity index (χ3v) is 4.24. The minimum absolute atomic E-state index is 0.0305. The highest BCUT2D eigenvalue weighted by atomic mass is 19.4. The van der Waals surface area contributed by atoms with Crippen molar-refractivity contribution in [1.82, 2.24) is 15.5 Å². The number of piperidine rings is 1. The fraction of sp³-hybridized carbons (Fsp3) is 0.529. The Morgan fingerprint density at radius 2 is 1.72 bits per heavy atom. The number of carbonyl (C=O) groups is 2. The number of likely N-dealkylation sites (N-methyl/N-ethyl adjacent to an activating group) is 1. The first-order chi connectivity index (χ1) is 11.8. The molecule has 8 heteroatoms. The summed E-state index contributed by atoms with van der Waals surface area (Å²) in [7, 11) is 1.59. The minimum Gasteiger partial charge on any atom is -0.358 e. The summed E-state index contributed by atoms with van der Waals surface area (Å²) >= 11 is 0. The van der Waals surface area contributed by atoms with E-state index >= 15 is 0 Å². The maximum atomic E-state index is 12.5. The molecule has 1 aromatic rings. The lowest BCUT2D eigenvalue weighted by Gasteiger charge is -2.31. The number of likely N-dealkylation sites (tertiary alicyclic amines) is 1. The maximum absolute atomic E-state index is 12.5. The number of halogens is 3. The van der Waals surface area contributed by atoms with Gasteiger partial charge in [-0.3, -0.25) is 14.5 Å². The molecule has 1 aliphatic rings. The Hall–Kier alpha value is -2.09. The first kappa shape index (κ1) is 19.2. The van der Waals surface area contributed by atoms with Gasteiger partial charge in [0.25, 0.3) is 0 Å². The Bertz CT molecular complexity index is 594. The molecule has 0 aliphatic carbocycles. The SMILES string of the molecule is CNC(=O)CN1CCC(NC(=O)Cc2ccc(C(F)(F)F)cc2)CC1. The zero-order valence-corrected chi connectivity index (χ0v) is 14.0. The lowest BCUT2D eigenvalue weighted by Crippen LogP contribution is -2.47. The fourth-order valence-corrected chi connectivity index (χ4v) is 2.79. The molecule has 1 saturated heterocycles. The average molecular weight is 357 g/mol. The van der Waals surface area contributed by atoms with Crippen molar-refractivity contribution in [2.24, 2.45) is 0 Å². The highest BCUT2D eigenvalue weighted by Gasteiger charge is 2.30. The summed E-state index contributed by atoms with van der Waals surface area (Å²) in [5.41, 5.74) is -0.178. The smallest absolute Gasteiger partial charge is 0.358 e. The Kier molecular flexibility index (Phi) is 6.41. The van der Waals surface area contributed by atoms with Gasteiger partial charge in [-0.05, 0) is 30.5 Å². The largest absolute Gasteiger partial charge is 0.416 e. The van der Waals surface area contributed by atoms with Gasteiger partial charge in [-0.2, -0.15) is 13.2 Å². The number of hydrogen-bond acceptors (Lipinski definition) is 3. The van der Waals surface area contributed by atoms with E-state index in [1.54, 1.807) is 7.05 Å². The van der Waals surface area contributed by atoms with Crippen molar-refractivity contribution in [1.29, 1.82) is 0 Å². The summed E-state index contributed by atoms with van der Waals surface area (Å²) in [5, 5.41) is 5.49. The number of carbonyl (C=O) groups excluding carboxylic acids is 2. The highest BCUT2D eigenvalue weighted by Crippen LogP contribution is 2.29. The van der Waals surface area contributed by atoms with Crippen molar-refractivity contribution < 1.29 is 22.8 Å². The van der Waals surface area contributed by atoms with Crippen LogP contribution in [0.3, 0.4) is 0 Å². The summed E-state index contributed by atoms with van der Waals surface area (Å²) in [6.45, 7) is 1.79. The molecule has 2 N–H and O–H groups in total. The van der Waals surface area contributed by atoms with Crippen molar-refractivity contribution in [2.75, 3.05) is 26.7 Å². The van der Waals surface area contributed by atoms with Gasteiger partial charge in [-0.1, -0.05) is 12.1 Å². The molecule has 2 rings (SSSR count). The number of amides is 2. The Morgan fingerprint density at radius 1 is 1.12 bits per heavy atom. The predicted octanol–water partition coefficient (Wildman–Crippen LogP) is 1.57. The van der Waals surface area contributed by atoms with Crippen LogP contribution in [0.4, 0.5) is 13.2 Å². The Balaban J connectivity index is 1.77. The molecule has 0 bridgehead atoms. The van der Waals surface area contributed by atoms with E-state index in [0.717, 1.165) is 38.1 Å². The van der Waals surface area contributed by atoms with E-state index in [4.69, 9.17) is 0 Å². The van der Waals surface area contributed by atoms with Gasteiger partial charge in [0.15, 0.2) is 0 Å². The predicted molar refractivity (Wildman–Crippen MR) is 86.8 cm³/mol. The number of nitrogens with zero attached hydrogens (tertiary/aromatic N) is 1. The lowest BCUT2D eigenvalue weighted by molar-refractivity contribution is -0.137. The van der Waals surface area contributed by atoms with Crippen LogP contribution in [0.2, 0.25) is 0 Å². The summed E-state index contributed by atoms with van der Waals surface area (Å²) in [6, 6.07) is 4.66. The summed E-state index contributed by atoms with van der Waals surface area (Å²) < 4.78 is 37.5. The Morgan fingerprint density at radius 3 is 2.24 bits per heavy atom. The molecule has 0 radical (unpaired) electrons. The molecular formula is C17H22F3N3O2. The zero-order chi connectivity index (χ0) is 18.4. The third kappa shape index (κ3) is 6.04. The van der Waals surface area contributed by atoms with Crippen LogP contribution in [0, 0.1) is 0 Å². The second-order valence-electron chi connectivity index (χ2n) is 6.16. The monoisotopic (exact) mass is 357 g/mol. The first-order valence-corrected chi connectivity index (χ1v) is 8.16. The average Bonchev–Trinajstić information content (AvgIpc) is 2.56. The molecule has 1 aromatic carbocycles. The first-order valence-electron chi connectivity index (χ1n) is 8.16. The standard InChI is InChI=1S/C17H22F3N3O2/c1-21-16(25)11-23-8-6-14(7-9-23)22-15(24)10-12-2-4-13(5-3-12)17(18,19)20/h2-5,14H,6-11H2,1H3,(H,21,25)(H,22,24). The molecule has 0 spiro atoms. The number of benzene rings is 1. The lowest BCUT2D eigenvalue weighted by atomic mass is 10.0. The van der Waals surface area contributed by atoms with Gasteiger partial charge >= 0.3 is 6.18 Å². The molecule has 5 nitrogen and oxygen atoms in total. The molecule has 0 saturated carbocycles. The van der Waals surface area contributed by atoms with Gasteiger partial charge in [0, 0.05) is 26.2 Å². The van der Waals surface area contributed by atoms with Crippen LogP contribution in [0.15, 0.2) is 24.3 Å². The second-order valence-corrected chi connectivity index (χ2v) is 6.16. The van der Waals surface area contributed by atoms with Gasteiger partial charge in [0.1, 0.15) is 0 Å². The van der Waals surface area contributed by atoms with Gasteiger partial charge in [0.05, 0.1) is 18.5 Å². The summed E-state index contributed by atoms with van der Waals surface area (Å²) in [6.07, 6.45) is -2.83. The van der Waals surface area contributed by atoms with Crippen LogP contribution in [0.25, 0.3) is 0 Å². The third-order valence-electron chi connectivity index (χ3n) is 4.24. The van der Waals surface area contributed by atoms with Crippen molar-refractivity contribution in [3.05, 3.63) is 35.4 Å². The minimum atomic E-state index is -4.37. The van der Waals surface area contributed by atoms with E-state index in [1.807, 2.05) is 4.90 Å². The van der Waals surface area contributed by atoms with E-state index in [1.165, 1.54) is 12.1 Å². The molecule has 1 aliphatic heterocycles. The van der Waals surface area contributed by atoms with E-state index in [2.05, 4.69) is 10.6 Å². The molecule has 1 heterocycles. The van der Waals surface area contributed by atoms with Crippen LogP contribution in [0.5, 0.6) is 0 Å². The van der Waals surface area contributed by atoms with Crippen molar-refractivity contribution in [3.8, 4) is 0 Å². The molecule has 0 unspecified atom stereocenters. The van der Waals surface area contributed by atoms with Gasteiger partial charge in [-0.15, -0.1) is 0 Å². The van der Waals surface area contributed by atoms with Gasteiger partial charge in [0.2, 0.25) is 11.8 Å². The van der Waals surface area contributed by atoms with Crippen LogP contribution < -0.4 is 10.6 Å². The van der Waals surface area contributed by atoms with E-state index in [-0.39, 0.29) is 24.3 Å². The molecule has 0 atom stereocenters. The van der Waals surface area contributed by atoms with Crippen LogP contribution in [-0.2, 0) is 22.2 Å². The maximum Gasteiger partial charge on any atom is 0.416 e. The molecule has 0 aromatic heterocycles. The molecule has 2 amide bonds. The van der Waals surface area contributed by atoms with E-state index in [9.17, 15) is 22.8 Å². The van der Waals surface area contributed by atoms with Gasteiger partial charge in [-0.25, -0.2) is 0 Å².